The first-order chi connectivity index (χ1) is 19.0. The topological polar surface area (TPSA) is 115 Å². The molecular formula is C29H31ClFN5O4. The molecule has 0 saturated carbocycles. The second-order valence-corrected chi connectivity index (χ2v) is 11.6. The van der Waals surface area contributed by atoms with Gasteiger partial charge in [0, 0.05) is 17.2 Å². The highest BCUT2D eigenvalue weighted by Crippen LogP contribution is 2.45. The molecule has 2 fully saturated rings. The summed E-state index contributed by atoms with van der Waals surface area (Å²) in [7, 11) is 0. The molecule has 4 aromatic rings. The highest BCUT2D eigenvalue weighted by molar-refractivity contribution is 6.33. The third kappa shape index (κ3) is 4.44. The second kappa shape index (κ2) is 9.74. The number of imidazole rings is 1. The lowest BCUT2D eigenvalue weighted by atomic mass is 9.90. The lowest BCUT2D eigenvalue weighted by Gasteiger charge is -2.41. The standard InChI is InChI=1S/C29H31ClFN5O4/c1-15(2)36-22-11-16(10-20(31)24(22)34-26(36)28(3,4)38)23-19(30)13-32-27(35-23)33-21-12-18-14-39-29(40-18,25(21)37)17-8-6-5-7-9-17/h5-11,13,15,18,21,25,37-38H,12,14H2,1-4H3,(H,32,33,35)/t18-,21?,25-,29?/m0/s1. The molecule has 2 aromatic heterocycles. The maximum atomic E-state index is 15.4. The predicted molar refractivity (Wildman–Crippen MR) is 148 cm³/mol. The summed E-state index contributed by atoms with van der Waals surface area (Å²) in [4.78, 5) is 13.4. The summed E-state index contributed by atoms with van der Waals surface area (Å²) in [6, 6.07) is 11.9. The number of aliphatic hydroxyl groups excluding tert-OH is 1. The van der Waals surface area contributed by atoms with Crippen molar-refractivity contribution in [3.63, 3.8) is 0 Å². The number of benzene rings is 2. The molecule has 0 amide bonds. The minimum Gasteiger partial charge on any atom is -0.385 e. The van der Waals surface area contributed by atoms with E-state index in [1.54, 1.807) is 19.9 Å². The van der Waals surface area contributed by atoms with Gasteiger partial charge in [0.1, 0.15) is 23.0 Å². The minimum atomic E-state index is -1.29. The Hall–Kier alpha value is -3.15. The van der Waals surface area contributed by atoms with Gasteiger partial charge < -0.3 is 29.6 Å². The summed E-state index contributed by atoms with van der Waals surface area (Å²) < 4.78 is 29.4. The van der Waals surface area contributed by atoms with Gasteiger partial charge in [-0.25, -0.2) is 19.3 Å². The molecule has 11 heteroatoms. The van der Waals surface area contributed by atoms with E-state index >= 15 is 4.39 Å². The third-order valence-electron chi connectivity index (χ3n) is 7.43. The molecule has 2 aliphatic heterocycles. The van der Waals surface area contributed by atoms with Crippen LogP contribution in [0.15, 0.2) is 48.7 Å². The van der Waals surface area contributed by atoms with Crippen molar-refractivity contribution < 1.29 is 24.1 Å². The molecule has 2 unspecified atom stereocenters. The second-order valence-electron chi connectivity index (χ2n) is 11.2. The van der Waals surface area contributed by atoms with Crippen LogP contribution in [-0.4, -0.2) is 54.6 Å². The van der Waals surface area contributed by atoms with Crippen LogP contribution in [-0.2, 0) is 20.9 Å². The Morgan fingerprint density at radius 2 is 1.95 bits per heavy atom. The summed E-state index contributed by atoms with van der Waals surface area (Å²) in [6.45, 7) is 7.48. The van der Waals surface area contributed by atoms with Crippen molar-refractivity contribution in [3.05, 3.63) is 70.9 Å². The molecule has 2 saturated heterocycles. The first-order valence-electron chi connectivity index (χ1n) is 13.3. The first kappa shape index (κ1) is 27.0. The summed E-state index contributed by atoms with van der Waals surface area (Å²) in [5.74, 6) is -1.26. The van der Waals surface area contributed by atoms with Crippen LogP contribution in [0.5, 0.6) is 0 Å². The molecule has 0 aliphatic carbocycles. The number of aromatic nitrogens is 4. The third-order valence-corrected chi connectivity index (χ3v) is 7.71. The van der Waals surface area contributed by atoms with Crippen molar-refractivity contribution in [2.45, 2.75) is 69.8 Å². The zero-order valence-corrected chi connectivity index (χ0v) is 23.4. The Kier molecular flexibility index (Phi) is 6.59. The van der Waals surface area contributed by atoms with Gasteiger partial charge >= 0.3 is 0 Å². The van der Waals surface area contributed by atoms with Crippen LogP contribution in [0.25, 0.3) is 22.3 Å². The molecule has 4 heterocycles. The molecular weight excluding hydrogens is 537 g/mol. The van der Waals surface area contributed by atoms with Crippen molar-refractivity contribution in [3.8, 4) is 11.3 Å². The number of fused-ring (bicyclic) bond motifs is 3. The molecule has 0 spiro atoms. The van der Waals surface area contributed by atoms with Crippen molar-refractivity contribution in [1.29, 1.82) is 0 Å². The van der Waals surface area contributed by atoms with Gasteiger partial charge in [0.05, 0.1) is 41.2 Å². The minimum absolute atomic E-state index is 0.0938. The Balaban J connectivity index is 1.37. The zero-order valence-electron chi connectivity index (χ0n) is 22.6. The first-order valence-corrected chi connectivity index (χ1v) is 13.6. The van der Waals surface area contributed by atoms with Gasteiger partial charge in [-0.3, -0.25) is 0 Å². The van der Waals surface area contributed by atoms with Gasteiger partial charge in [-0.05, 0) is 46.2 Å². The lowest BCUT2D eigenvalue weighted by Crippen LogP contribution is -2.54. The van der Waals surface area contributed by atoms with E-state index in [9.17, 15) is 10.2 Å². The van der Waals surface area contributed by atoms with Crippen molar-refractivity contribution in [1.82, 2.24) is 19.5 Å². The van der Waals surface area contributed by atoms with Gasteiger partial charge in [-0.2, -0.15) is 0 Å². The van der Waals surface area contributed by atoms with Crippen molar-refractivity contribution in [2.24, 2.45) is 0 Å². The number of hydrogen-bond donors (Lipinski definition) is 3. The molecule has 4 atom stereocenters. The van der Waals surface area contributed by atoms with E-state index in [0.717, 1.165) is 5.56 Å². The number of anilines is 1. The largest absolute Gasteiger partial charge is 0.385 e. The molecule has 210 valence electrons. The van der Waals surface area contributed by atoms with Gasteiger partial charge in [-0.1, -0.05) is 41.9 Å². The van der Waals surface area contributed by atoms with Crippen LogP contribution in [0.1, 0.15) is 51.5 Å². The average molecular weight is 568 g/mol. The lowest BCUT2D eigenvalue weighted by molar-refractivity contribution is -0.257. The van der Waals surface area contributed by atoms with Crippen molar-refractivity contribution in [2.75, 3.05) is 11.9 Å². The number of hydrogen-bond acceptors (Lipinski definition) is 8. The average Bonchev–Trinajstić information content (AvgIpc) is 3.50. The number of nitrogens with one attached hydrogen (secondary N) is 1. The summed E-state index contributed by atoms with van der Waals surface area (Å²) in [6.07, 6.45) is 0.655. The Bertz CT molecular complexity index is 1570. The fourth-order valence-electron chi connectivity index (χ4n) is 5.66. The van der Waals surface area contributed by atoms with E-state index in [4.69, 9.17) is 21.1 Å². The quantitative estimate of drug-likeness (QED) is 0.301. The maximum Gasteiger partial charge on any atom is 0.224 e. The van der Waals surface area contributed by atoms with E-state index in [1.165, 1.54) is 12.3 Å². The smallest absolute Gasteiger partial charge is 0.224 e. The van der Waals surface area contributed by atoms with Crippen LogP contribution < -0.4 is 5.32 Å². The molecule has 2 aliphatic rings. The van der Waals surface area contributed by atoms with Crippen LogP contribution >= 0.6 is 11.6 Å². The Morgan fingerprint density at radius 3 is 2.65 bits per heavy atom. The zero-order chi connectivity index (χ0) is 28.4. The monoisotopic (exact) mass is 567 g/mol. The molecule has 2 bridgehead atoms. The fourth-order valence-corrected chi connectivity index (χ4v) is 5.86. The van der Waals surface area contributed by atoms with Crippen molar-refractivity contribution >= 4 is 28.6 Å². The van der Waals surface area contributed by atoms with E-state index in [0.29, 0.717) is 35.6 Å². The molecule has 3 N–H and O–H groups in total. The molecule has 9 nitrogen and oxygen atoms in total. The number of aliphatic hydroxyl groups is 2. The Morgan fingerprint density at radius 1 is 1.20 bits per heavy atom. The summed E-state index contributed by atoms with van der Waals surface area (Å²) in [5, 5.41) is 25.6. The van der Waals surface area contributed by atoms with E-state index in [-0.39, 0.29) is 28.6 Å². The number of rotatable bonds is 6. The number of ether oxygens (including phenoxy) is 2. The molecule has 2 aromatic carbocycles. The SMILES string of the molecule is CC(C)n1c(C(C)(C)O)nc2c(F)cc(-c3nc(NC4C[C@H]5COC(c6ccccc6)(O5)[C@H]4O)ncc3Cl)cc21. The van der Waals surface area contributed by atoms with Gasteiger partial charge in [0.2, 0.25) is 11.7 Å². The number of nitrogens with zero attached hydrogens (tertiary/aromatic N) is 4. The van der Waals surface area contributed by atoms with E-state index in [1.807, 2.05) is 48.7 Å². The Labute approximate surface area is 236 Å². The molecule has 6 rings (SSSR count). The van der Waals surface area contributed by atoms with Crippen LogP contribution in [0.3, 0.4) is 0 Å². The summed E-state index contributed by atoms with van der Waals surface area (Å²) >= 11 is 6.52. The van der Waals surface area contributed by atoms with Gasteiger partial charge in [0.15, 0.2) is 5.82 Å². The molecule has 40 heavy (non-hydrogen) atoms. The van der Waals surface area contributed by atoms with Gasteiger partial charge in [-0.15, -0.1) is 0 Å². The summed E-state index contributed by atoms with van der Waals surface area (Å²) in [5.41, 5.74) is 0.880. The van der Waals surface area contributed by atoms with E-state index < -0.39 is 29.4 Å². The van der Waals surface area contributed by atoms with E-state index in [2.05, 4.69) is 20.3 Å². The normalized spacial score (nSPS) is 24.7. The highest BCUT2D eigenvalue weighted by atomic mass is 35.5. The predicted octanol–water partition coefficient (Wildman–Crippen LogP) is 4.91. The fraction of sp³-hybridized carbons (Fsp3) is 0.414. The maximum absolute atomic E-state index is 15.4. The van der Waals surface area contributed by atoms with Crippen LogP contribution in [0.4, 0.5) is 10.3 Å². The number of halogens is 2. The van der Waals surface area contributed by atoms with Crippen LogP contribution in [0, 0.1) is 5.82 Å². The molecule has 0 radical (unpaired) electrons. The van der Waals surface area contributed by atoms with Crippen LogP contribution in [0.2, 0.25) is 5.02 Å². The van der Waals surface area contributed by atoms with Gasteiger partial charge in [0.25, 0.3) is 0 Å². The highest BCUT2D eigenvalue weighted by Gasteiger charge is 2.56.